The first-order valence-corrected chi connectivity index (χ1v) is 10.3. The minimum atomic E-state index is -0.534. The molecule has 1 N–H and O–H groups in total. The Morgan fingerprint density at radius 2 is 2.11 bits per heavy atom. The lowest BCUT2D eigenvalue weighted by atomic mass is 9.97. The topological polar surface area (TPSA) is 80.8 Å². The number of rotatable bonds is 6. The lowest BCUT2D eigenvalue weighted by Crippen LogP contribution is -2.37. The van der Waals surface area contributed by atoms with E-state index < -0.39 is 6.09 Å². The summed E-state index contributed by atoms with van der Waals surface area (Å²) in [6.07, 6.45) is 1.000. The molecule has 0 aliphatic carbocycles. The van der Waals surface area contributed by atoms with Crippen LogP contribution in [0.2, 0.25) is 0 Å². The second-order valence-corrected chi connectivity index (χ2v) is 7.76. The molecule has 0 radical (unpaired) electrons. The van der Waals surface area contributed by atoms with E-state index in [1.54, 1.807) is 42.5 Å². The van der Waals surface area contributed by atoms with E-state index in [1.165, 1.54) is 0 Å². The van der Waals surface area contributed by atoms with Gasteiger partial charge in [-0.3, -0.25) is 15.0 Å². The number of likely N-dealkylation sites (tertiary alicyclic amines) is 1. The van der Waals surface area contributed by atoms with Crippen LogP contribution in [0.25, 0.3) is 0 Å². The van der Waals surface area contributed by atoms with Gasteiger partial charge in [-0.15, -0.1) is 11.3 Å². The van der Waals surface area contributed by atoms with Gasteiger partial charge in [0.15, 0.2) is 0 Å². The predicted octanol–water partition coefficient (Wildman–Crippen LogP) is 3.84. The number of hydrogen-bond donors (Lipinski definition) is 1. The highest BCUT2D eigenvalue weighted by Crippen LogP contribution is 2.24. The Morgan fingerprint density at radius 1 is 1.32 bits per heavy atom. The van der Waals surface area contributed by atoms with Gasteiger partial charge in [0.2, 0.25) is 0 Å². The van der Waals surface area contributed by atoms with Crippen LogP contribution >= 0.6 is 11.3 Å². The first-order valence-electron chi connectivity index (χ1n) is 9.42. The number of nitrogens with zero attached hydrogens (tertiary/aromatic N) is 2. The van der Waals surface area contributed by atoms with E-state index in [1.807, 2.05) is 6.92 Å². The predicted molar refractivity (Wildman–Crippen MR) is 108 cm³/mol. The van der Waals surface area contributed by atoms with Crippen molar-refractivity contribution in [1.29, 1.82) is 0 Å². The summed E-state index contributed by atoms with van der Waals surface area (Å²) >= 11 is 1.66. The van der Waals surface area contributed by atoms with Gasteiger partial charge in [0, 0.05) is 23.7 Å². The molecule has 0 saturated carbocycles. The molecule has 2 aromatic rings. The monoisotopic (exact) mass is 403 g/mol. The summed E-state index contributed by atoms with van der Waals surface area (Å²) in [6.45, 7) is 6.56. The van der Waals surface area contributed by atoms with Crippen molar-refractivity contribution in [2.45, 2.75) is 33.2 Å². The van der Waals surface area contributed by atoms with E-state index in [0.717, 1.165) is 43.2 Å². The Morgan fingerprint density at radius 3 is 2.79 bits per heavy atom. The number of benzene rings is 1. The van der Waals surface area contributed by atoms with E-state index >= 15 is 0 Å². The summed E-state index contributed by atoms with van der Waals surface area (Å²) in [7, 11) is 0. The third kappa shape index (κ3) is 5.77. The third-order valence-corrected chi connectivity index (χ3v) is 5.37. The zero-order chi connectivity index (χ0) is 19.9. The minimum Gasteiger partial charge on any atom is -0.450 e. The first kappa shape index (κ1) is 20.3. The number of carbonyl (C=O) groups is 2. The van der Waals surface area contributed by atoms with Crippen molar-refractivity contribution in [3.63, 3.8) is 0 Å². The Hall–Kier alpha value is -2.45. The highest BCUT2D eigenvalue weighted by atomic mass is 32.1. The number of piperidine rings is 1. The quantitative estimate of drug-likeness (QED) is 0.583. The maximum absolute atomic E-state index is 12.5. The number of esters is 1. The van der Waals surface area contributed by atoms with Crippen molar-refractivity contribution >= 4 is 29.1 Å². The highest BCUT2D eigenvalue weighted by molar-refractivity contribution is 7.09. The lowest BCUT2D eigenvalue weighted by Gasteiger charge is -2.30. The summed E-state index contributed by atoms with van der Waals surface area (Å²) in [5.41, 5.74) is 1.62. The van der Waals surface area contributed by atoms with Gasteiger partial charge < -0.3 is 9.47 Å². The highest BCUT2D eigenvalue weighted by Gasteiger charge is 2.27. The third-order valence-electron chi connectivity index (χ3n) is 4.55. The van der Waals surface area contributed by atoms with Gasteiger partial charge in [-0.25, -0.2) is 9.78 Å². The molecule has 7 nitrogen and oxygen atoms in total. The molecule has 1 aromatic heterocycles. The second-order valence-electron chi connectivity index (χ2n) is 6.70. The normalized spacial score (nSPS) is 15.2. The number of aromatic nitrogens is 1. The van der Waals surface area contributed by atoms with Crippen LogP contribution in [0.1, 0.15) is 30.5 Å². The molecule has 0 unspecified atom stereocenters. The zero-order valence-electron chi connectivity index (χ0n) is 16.1. The van der Waals surface area contributed by atoms with E-state index in [2.05, 4.69) is 20.6 Å². The number of aryl methyl sites for hydroxylation is 1. The number of ether oxygens (including phenoxy) is 2. The van der Waals surface area contributed by atoms with Crippen LogP contribution in [0.3, 0.4) is 0 Å². The number of nitrogens with one attached hydrogen (secondary N) is 1. The van der Waals surface area contributed by atoms with Crippen molar-refractivity contribution in [3.8, 4) is 5.75 Å². The summed E-state index contributed by atoms with van der Waals surface area (Å²) in [6, 6.07) is 6.76. The van der Waals surface area contributed by atoms with Gasteiger partial charge in [0.25, 0.3) is 0 Å². The van der Waals surface area contributed by atoms with Gasteiger partial charge in [0.1, 0.15) is 5.75 Å². The summed E-state index contributed by atoms with van der Waals surface area (Å²) in [5.74, 6) is 0.0761. The number of carbonyl (C=O) groups excluding carboxylic acids is 2. The maximum atomic E-state index is 12.5. The molecule has 1 aliphatic rings. The Bertz CT molecular complexity index is 815. The van der Waals surface area contributed by atoms with Crippen molar-refractivity contribution < 1.29 is 19.1 Å². The van der Waals surface area contributed by atoms with Crippen LogP contribution in [0, 0.1) is 12.8 Å². The molecule has 3 rings (SSSR count). The van der Waals surface area contributed by atoms with E-state index in [9.17, 15) is 9.59 Å². The number of thiazole rings is 1. The zero-order valence-corrected chi connectivity index (χ0v) is 17.0. The van der Waals surface area contributed by atoms with Crippen LogP contribution in [0.5, 0.6) is 5.75 Å². The van der Waals surface area contributed by atoms with Crippen LogP contribution in [-0.4, -0.2) is 41.6 Å². The molecule has 1 saturated heterocycles. The Balaban J connectivity index is 1.48. The van der Waals surface area contributed by atoms with E-state index in [0.29, 0.717) is 18.0 Å². The molecular formula is C20H25N3O4S. The molecule has 1 amide bonds. The molecule has 28 heavy (non-hydrogen) atoms. The van der Waals surface area contributed by atoms with Crippen molar-refractivity contribution in [2.75, 3.05) is 25.0 Å². The summed E-state index contributed by atoms with van der Waals surface area (Å²) < 4.78 is 10.4. The first-order chi connectivity index (χ1) is 13.5. The molecular weight excluding hydrogens is 378 g/mol. The molecule has 8 heteroatoms. The van der Waals surface area contributed by atoms with E-state index in [4.69, 9.17) is 9.47 Å². The smallest absolute Gasteiger partial charge is 0.411 e. The van der Waals surface area contributed by atoms with Gasteiger partial charge >= 0.3 is 12.1 Å². The molecule has 2 heterocycles. The van der Waals surface area contributed by atoms with Crippen LogP contribution < -0.4 is 10.1 Å². The van der Waals surface area contributed by atoms with Crippen LogP contribution in [0.15, 0.2) is 29.6 Å². The summed E-state index contributed by atoms with van der Waals surface area (Å²) in [5, 5.41) is 5.77. The van der Waals surface area contributed by atoms with E-state index in [-0.39, 0.29) is 11.9 Å². The van der Waals surface area contributed by atoms with Crippen LogP contribution in [-0.2, 0) is 16.1 Å². The standard InChI is InChI=1S/C20H25N3O4S/c1-3-26-20(25)22-16-5-4-6-18(11-16)27-19(24)15-7-9-23(10-8-15)12-17-13-28-14(2)21-17/h4-6,11,13,15H,3,7-10,12H2,1-2H3,(H,22,25). The fourth-order valence-corrected chi connectivity index (χ4v) is 3.76. The van der Waals surface area contributed by atoms with Crippen molar-refractivity contribution in [3.05, 3.63) is 40.3 Å². The molecule has 1 fully saturated rings. The fraction of sp³-hybridized carbons (Fsp3) is 0.450. The molecule has 0 bridgehead atoms. The number of hydrogen-bond acceptors (Lipinski definition) is 7. The molecule has 150 valence electrons. The molecule has 0 spiro atoms. The molecule has 1 aliphatic heterocycles. The number of anilines is 1. The number of amides is 1. The van der Waals surface area contributed by atoms with Gasteiger partial charge in [-0.05, 0) is 51.9 Å². The lowest BCUT2D eigenvalue weighted by molar-refractivity contribution is -0.140. The molecule has 1 aromatic carbocycles. The molecule has 0 atom stereocenters. The Labute approximate surface area is 168 Å². The average molecular weight is 404 g/mol. The maximum Gasteiger partial charge on any atom is 0.411 e. The summed E-state index contributed by atoms with van der Waals surface area (Å²) in [4.78, 5) is 30.8. The van der Waals surface area contributed by atoms with Crippen molar-refractivity contribution in [1.82, 2.24) is 9.88 Å². The van der Waals surface area contributed by atoms with Crippen molar-refractivity contribution in [2.24, 2.45) is 5.92 Å². The van der Waals surface area contributed by atoms with Gasteiger partial charge in [0.05, 0.1) is 23.2 Å². The second kappa shape index (κ2) is 9.66. The van der Waals surface area contributed by atoms with Crippen LogP contribution in [0.4, 0.5) is 10.5 Å². The minimum absolute atomic E-state index is 0.116. The fourth-order valence-electron chi connectivity index (χ4n) is 3.16. The largest absolute Gasteiger partial charge is 0.450 e. The SMILES string of the molecule is CCOC(=O)Nc1cccc(OC(=O)C2CCN(Cc3csc(C)n3)CC2)c1. The Kier molecular flexibility index (Phi) is 7.00. The van der Waals surface area contributed by atoms with Gasteiger partial charge in [-0.2, -0.15) is 0 Å². The average Bonchev–Trinajstić information content (AvgIpc) is 3.07. The van der Waals surface area contributed by atoms with Gasteiger partial charge in [-0.1, -0.05) is 6.07 Å².